The highest BCUT2D eigenvalue weighted by Crippen LogP contribution is 2.44. The number of nitrogens with zero attached hydrogens (tertiary/aromatic N) is 3. The largest absolute Gasteiger partial charge is 0.296 e. The van der Waals surface area contributed by atoms with Gasteiger partial charge in [0.2, 0.25) is 0 Å². The molecule has 0 unspecified atom stereocenters. The number of hydrogen-bond acceptors (Lipinski definition) is 2. The van der Waals surface area contributed by atoms with E-state index in [9.17, 15) is 0 Å². The lowest BCUT2D eigenvalue weighted by Gasteiger charge is -2.19. The summed E-state index contributed by atoms with van der Waals surface area (Å²) in [6, 6.07) is 46.4. The monoisotopic (exact) mass is 556 g/mol. The van der Waals surface area contributed by atoms with Gasteiger partial charge in [0.05, 0.1) is 16.7 Å². The van der Waals surface area contributed by atoms with Crippen LogP contribution in [0.3, 0.4) is 0 Å². The fraction of sp³-hybridized carbons (Fsp3) is 0.0500. The van der Waals surface area contributed by atoms with Crippen LogP contribution in [0.25, 0.3) is 71.8 Å². The van der Waals surface area contributed by atoms with Gasteiger partial charge < -0.3 is 0 Å². The molecule has 0 aliphatic heterocycles. The molecule has 0 aliphatic carbocycles. The average molecular weight is 557 g/mol. The van der Waals surface area contributed by atoms with E-state index in [1.807, 2.05) is 72.9 Å². The van der Waals surface area contributed by atoms with E-state index in [0.717, 1.165) is 55.1 Å². The minimum absolute atomic E-state index is 0.154. The topological polar surface area (TPSA) is 30.7 Å². The second-order valence-electron chi connectivity index (χ2n) is 10.6. The van der Waals surface area contributed by atoms with E-state index in [0.29, 0.717) is 16.7 Å². The van der Waals surface area contributed by atoms with Crippen LogP contribution in [0.2, 0.25) is 0 Å². The lowest BCUT2D eigenvalue weighted by molar-refractivity contribution is 0.908. The lowest BCUT2D eigenvalue weighted by atomic mass is 9.85. The molecule has 0 aliphatic rings. The van der Waals surface area contributed by atoms with Crippen LogP contribution in [0.5, 0.6) is 0 Å². The minimum Gasteiger partial charge on any atom is -0.296 e. The zero-order chi connectivity index (χ0) is 33.0. The molecule has 3 heteroatoms. The summed E-state index contributed by atoms with van der Waals surface area (Å²) in [5, 5.41) is 4.34. The van der Waals surface area contributed by atoms with Gasteiger partial charge in [-0.1, -0.05) is 104 Å². The van der Waals surface area contributed by atoms with Crippen LogP contribution in [-0.4, -0.2) is 14.5 Å². The summed E-state index contributed by atoms with van der Waals surface area (Å²) in [7, 11) is 0. The van der Waals surface area contributed by atoms with E-state index in [1.165, 1.54) is 0 Å². The smallest absolute Gasteiger partial charge is 0.114 e. The quantitative estimate of drug-likeness (QED) is 0.197. The molecule has 0 saturated heterocycles. The highest BCUT2D eigenvalue weighted by atomic mass is 15.1. The number of pyridine rings is 1. The summed E-state index contributed by atoms with van der Waals surface area (Å²) in [5.74, 6) is -0.154. The third-order valence-electron chi connectivity index (χ3n) is 8.11. The van der Waals surface area contributed by atoms with Crippen molar-refractivity contribution >= 4 is 32.6 Å². The standard InChI is InChI=1S/C40H29N3/c1-2-38-42-36-22-7-8-23-37(36)43(38)30-16-12-15-29(26-30)40-33-19-5-3-17-31(33)39(32-18-4-6-20-34(32)40)28-14-11-13-27(25-28)35-21-9-10-24-41-35/h3-26H,2H2,1H3/i1D3,2D2. The van der Waals surface area contributed by atoms with Gasteiger partial charge in [-0.05, 0) is 86.3 Å². The Labute approximate surface area is 257 Å². The maximum atomic E-state index is 8.67. The van der Waals surface area contributed by atoms with Crippen LogP contribution in [0, 0.1) is 0 Å². The van der Waals surface area contributed by atoms with Crippen LogP contribution in [0.1, 0.15) is 19.5 Å². The molecule has 0 fully saturated rings. The highest BCUT2D eigenvalue weighted by Gasteiger charge is 2.18. The number of fused-ring (bicyclic) bond motifs is 3. The van der Waals surface area contributed by atoms with Crippen LogP contribution in [0.15, 0.2) is 146 Å². The number of rotatable bonds is 5. The van der Waals surface area contributed by atoms with Crippen molar-refractivity contribution in [3.8, 4) is 39.2 Å². The first-order chi connectivity index (χ1) is 23.2. The molecule has 8 rings (SSSR count). The predicted octanol–water partition coefficient (Wildman–Crippen LogP) is 10.3. The third-order valence-corrected chi connectivity index (χ3v) is 8.11. The third kappa shape index (κ3) is 4.21. The normalized spacial score (nSPS) is 13.8. The van der Waals surface area contributed by atoms with E-state index >= 15 is 0 Å². The highest BCUT2D eigenvalue weighted by molar-refractivity contribution is 6.21. The van der Waals surface area contributed by atoms with Gasteiger partial charge in [-0.25, -0.2) is 4.98 Å². The van der Waals surface area contributed by atoms with Crippen LogP contribution in [0.4, 0.5) is 0 Å². The molecular weight excluding hydrogens is 522 g/mol. The van der Waals surface area contributed by atoms with Gasteiger partial charge in [-0.3, -0.25) is 9.55 Å². The maximum Gasteiger partial charge on any atom is 0.114 e. The van der Waals surface area contributed by atoms with Crippen molar-refractivity contribution in [3.05, 3.63) is 152 Å². The van der Waals surface area contributed by atoms with Gasteiger partial charge >= 0.3 is 0 Å². The Balaban J connectivity index is 1.38. The predicted molar refractivity (Wildman–Crippen MR) is 180 cm³/mol. The maximum absolute atomic E-state index is 8.67. The van der Waals surface area contributed by atoms with Gasteiger partial charge in [0.1, 0.15) is 5.82 Å². The summed E-state index contributed by atoms with van der Waals surface area (Å²) >= 11 is 0. The lowest BCUT2D eigenvalue weighted by Crippen LogP contribution is -2.00. The first-order valence-corrected chi connectivity index (χ1v) is 14.3. The molecule has 43 heavy (non-hydrogen) atoms. The van der Waals surface area contributed by atoms with E-state index in [4.69, 9.17) is 6.85 Å². The molecule has 0 N–H and O–H groups in total. The Bertz CT molecular complexity index is 2430. The van der Waals surface area contributed by atoms with Gasteiger partial charge in [0.15, 0.2) is 0 Å². The first kappa shape index (κ1) is 20.4. The second kappa shape index (κ2) is 10.4. The minimum atomic E-state index is -2.92. The van der Waals surface area contributed by atoms with Gasteiger partial charge in [0.25, 0.3) is 0 Å². The van der Waals surface area contributed by atoms with Gasteiger partial charge in [-0.15, -0.1) is 0 Å². The van der Waals surface area contributed by atoms with Gasteiger partial charge in [-0.2, -0.15) is 0 Å². The molecule has 0 atom stereocenters. The van der Waals surface area contributed by atoms with Crippen molar-refractivity contribution in [1.29, 1.82) is 0 Å². The SMILES string of the molecule is [2H]C([2H])([2H])C([2H])([2H])c1nc2ccccc2n1-c1cccc(-c2c3ccccc3c(-c3cccc(-c4ccccn4)c3)c3ccccc23)c1. The fourth-order valence-corrected chi connectivity index (χ4v) is 6.29. The molecule has 0 bridgehead atoms. The number of imidazole rings is 1. The number of para-hydroxylation sites is 2. The van der Waals surface area contributed by atoms with Crippen molar-refractivity contribution in [2.24, 2.45) is 0 Å². The zero-order valence-corrected chi connectivity index (χ0v) is 23.2. The molecule has 6 aromatic carbocycles. The molecule has 3 nitrogen and oxygen atoms in total. The molecule has 204 valence electrons. The van der Waals surface area contributed by atoms with Crippen LogP contribution >= 0.6 is 0 Å². The van der Waals surface area contributed by atoms with Crippen LogP contribution in [-0.2, 0) is 6.37 Å². The second-order valence-corrected chi connectivity index (χ2v) is 10.6. The van der Waals surface area contributed by atoms with E-state index in [2.05, 4.69) is 76.7 Å². The Hall–Kier alpha value is -5.54. The van der Waals surface area contributed by atoms with Crippen molar-refractivity contribution in [1.82, 2.24) is 14.5 Å². The first-order valence-electron chi connectivity index (χ1n) is 16.8. The zero-order valence-electron chi connectivity index (χ0n) is 28.2. The van der Waals surface area contributed by atoms with Crippen molar-refractivity contribution in [2.75, 3.05) is 0 Å². The summed E-state index contributed by atoms with van der Waals surface area (Å²) in [6.07, 6.45) is -0.880. The summed E-state index contributed by atoms with van der Waals surface area (Å²) in [4.78, 5) is 9.11. The van der Waals surface area contributed by atoms with Crippen LogP contribution < -0.4 is 0 Å². The molecule has 0 spiro atoms. The Morgan fingerprint density at radius 3 is 1.88 bits per heavy atom. The Morgan fingerprint density at radius 1 is 0.605 bits per heavy atom. The number of aromatic nitrogens is 3. The number of aryl methyl sites for hydroxylation is 1. The van der Waals surface area contributed by atoms with Crippen molar-refractivity contribution in [2.45, 2.75) is 13.2 Å². The molecule has 0 radical (unpaired) electrons. The molecule has 0 saturated carbocycles. The number of hydrogen-bond donors (Lipinski definition) is 0. The van der Waals surface area contributed by atoms with E-state index in [-0.39, 0.29) is 5.82 Å². The average Bonchev–Trinajstić information content (AvgIpc) is 3.51. The van der Waals surface area contributed by atoms with Gasteiger partial charge in [0, 0.05) is 30.7 Å². The fourth-order valence-electron chi connectivity index (χ4n) is 6.29. The molecule has 2 aromatic heterocycles. The van der Waals surface area contributed by atoms with E-state index < -0.39 is 13.2 Å². The molecule has 0 amide bonds. The van der Waals surface area contributed by atoms with E-state index in [1.54, 1.807) is 10.6 Å². The van der Waals surface area contributed by atoms with Crippen molar-refractivity contribution < 1.29 is 6.85 Å². The summed E-state index contributed by atoms with van der Waals surface area (Å²) < 4.78 is 43.0. The number of benzene rings is 6. The molecule has 2 heterocycles. The van der Waals surface area contributed by atoms with Crippen molar-refractivity contribution in [3.63, 3.8) is 0 Å². The molecule has 8 aromatic rings. The Kier molecular flexibility index (Phi) is 4.91. The summed E-state index contributed by atoms with van der Waals surface area (Å²) in [6.45, 7) is -2.92. The molecular formula is C40H29N3. The Morgan fingerprint density at radius 2 is 1.21 bits per heavy atom. The summed E-state index contributed by atoms with van der Waals surface area (Å²) in [5.41, 5.74) is 7.93.